The minimum absolute atomic E-state index is 0.0600. The molecule has 1 aliphatic rings. The van der Waals surface area contributed by atoms with Gasteiger partial charge in [0.2, 0.25) is 5.91 Å². The second kappa shape index (κ2) is 13.9. The molecular weight excluding hydrogens is 611 g/mol. The minimum Gasteiger partial charge on any atom is -0.496 e. The van der Waals surface area contributed by atoms with E-state index in [4.69, 9.17) is 9.47 Å². The molecule has 0 bridgehead atoms. The van der Waals surface area contributed by atoms with E-state index in [1.165, 1.54) is 58.4 Å². The number of hydrogen-bond donors (Lipinski definition) is 0. The highest BCUT2D eigenvalue weighted by Crippen LogP contribution is 2.35. The van der Waals surface area contributed by atoms with Gasteiger partial charge < -0.3 is 14.4 Å². The van der Waals surface area contributed by atoms with Crippen LogP contribution in [0.5, 0.6) is 5.75 Å². The Bertz CT molecular complexity index is 1810. The molecule has 2 unspecified atom stereocenters. The van der Waals surface area contributed by atoms with Crippen LogP contribution in [0.25, 0.3) is 15.2 Å². The van der Waals surface area contributed by atoms with E-state index in [2.05, 4.69) is 24.0 Å². The number of benzene rings is 1. The Labute approximate surface area is 271 Å². The predicted octanol–water partition coefficient (Wildman–Crippen LogP) is 5.20. The summed E-state index contributed by atoms with van der Waals surface area (Å²) in [6, 6.07) is 4.20. The molecular formula is C33H43FN6O5S. The van der Waals surface area contributed by atoms with Crippen LogP contribution in [0.2, 0.25) is 0 Å². The lowest BCUT2D eigenvalue weighted by Crippen LogP contribution is -2.58. The first-order valence-electron chi connectivity index (χ1n) is 16.0. The number of thiophene rings is 1. The lowest BCUT2D eigenvalue weighted by molar-refractivity contribution is -0.141. The number of likely N-dealkylation sites (tertiary alicyclic amines) is 1. The summed E-state index contributed by atoms with van der Waals surface area (Å²) in [6.45, 7) is 10.8. The third-order valence-electron chi connectivity index (χ3n) is 9.24. The number of ether oxygens (including phenoxy) is 2. The van der Waals surface area contributed by atoms with E-state index in [1.54, 1.807) is 18.7 Å². The van der Waals surface area contributed by atoms with Gasteiger partial charge in [-0.25, -0.2) is 13.8 Å². The molecule has 5 rings (SSSR count). The van der Waals surface area contributed by atoms with Gasteiger partial charge in [0.05, 0.1) is 38.0 Å². The molecule has 0 spiro atoms. The van der Waals surface area contributed by atoms with E-state index < -0.39 is 28.7 Å². The van der Waals surface area contributed by atoms with Gasteiger partial charge in [-0.3, -0.25) is 14.2 Å². The summed E-state index contributed by atoms with van der Waals surface area (Å²) >= 11 is 1.21. The Morgan fingerprint density at radius 2 is 1.83 bits per heavy atom. The standard InChI is InChI=1S/C33H43FN6O5S/c1-7-21(3)20-45-26(24-18-23(34)12-13-25(24)44-6)19-38-30-27(22(4)29(46-30)40-35-14-15-36-40)28(41)39(32(38)43)33(5,8-2)31(42)37-16-10-9-11-17-37/h12-15,18,21,26H,7-11,16-17,19-20H2,1-6H3/t21?,26-,33?/m0/s1. The van der Waals surface area contributed by atoms with Gasteiger partial charge in [0.15, 0.2) is 0 Å². The first kappa shape index (κ1) is 33.5. The molecule has 0 saturated carbocycles. The van der Waals surface area contributed by atoms with Crippen molar-refractivity contribution in [3.8, 4) is 10.8 Å². The quantitative estimate of drug-likeness (QED) is 0.206. The van der Waals surface area contributed by atoms with Gasteiger partial charge >= 0.3 is 5.69 Å². The first-order valence-corrected chi connectivity index (χ1v) is 16.8. The number of amides is 1. The van der Waals surface area contributed by atoms with Gasteiger partial charge in [-0.1, -0.05) is 38.5 Å². The summed E-state index contributed by atoms with van der Waals surface area (Å²) in [5.74, 6) is -0.117. The van der Waals surface area contributed by atoms with Crippen LogP contribution in [-0.2, 0) is 21.6 Å². The number of carbonyl (C=O) groups excluding carboxylic acids is 1. The summed E-state index contributed by atoms with van der Waals surface area (Å²) in [5, 5.41) is 9.43. The third-order valence-corrected chi connectivity index (χ3v) is 10.5. The fourth-order valence-corrected chi connectivity index (χ4v) is 7.27. The Morgan fingerprint density at radius 1 is 1.13 bits per heavy atom. The molecule has 1 fully saturated rings. The van der Waals surface area contributed by atoms with Crippen LogP contribution >= 0.6 is 11.3 Å². The predicted molar refractivity (Wildman–Crippen MR) is 175 cm³/mol. The van der Waals surface area contributed by atoms with Crippen molar-refractivity contribution in [3.05, 3.63) is 68.4 Å². The molecule has 13 heteroatoms. The third kappa shape index (κ3) is 6.14. The van der Waals surface area contributed by atoms with Crippen LogP contribution in [0.3, 0.4) is 0 Å². The van der Waals surface area contributed by atoms with Gasteiger partial charge in [-0.2, -0.15) is 10.2 Å². The van der Waals surface area contributed by atoms with Crippen molar-refractivity contribution in [2.45, 2.75) is 84.9 Å². The molecule has 1 saturated heterocycles. The van der Waals surface area contributed by atoms with Gasteiger partial charge in [0.25, 0.3) is 5.56 Å². The molecule has 1 amide bonds. The van der Waals surface area contributed by atoms with Crippen molar-refractivity contribution in [2.24, 2.45) is 5.92 Å². The Kier molecular flexibility index (Phi) is 10.1. The minimum atomic E-state index is -1.44. The number of hydrogen-bond acceptors (Lipinski definition) is 8. The number of halogens is 1. The smallest absolute Gasteiger partial charge is 0.333 e. The number of aromatic nitrogens is 5. The van der Waals surface area contributed by atoms with Gasteiger partial charge in [-0.05, 0) is 63.6 Å². The zero-order valence-corrected chi connectivity index (χ0v) is 28.2. The monoisotopic (exact) mass is 654 g/mol. The molecule has 4 aromatic rings. The summed E-state index contributed by atoms with van der Waals surface area (Å²) in [7, 11) is 1.50. The average Bonchev–Trinajstić information content (AvgIpc) is 3.72. The van der Waals surface area contributed by atoms with Crippen LogP contribution in [0.4, 0.5) is 4.39 Å². The van der Waals surface area contributed by atoms with Gasteiger partial charge in [0, 0.05) is 24.2 Å². The second-order valence-corrected chi connectivity index (χ2v) is 13.2. The van der Waals surface area contributed by atoms with Crippen LogP contribution < -0.4 is 16.0 Å². The number of fused-ring (bicyclic) bond motifs is 1. The van der Waals surface area contributed by atoms with Gasteiger partial charge in [0.1, 0.15) is 33.0 Å². The zero-order valence-electron chi connectivity index (χ0n) is 27.4. The normalized spacial score (nSPS) is 16.4. The molecule has 3 atom stereocenters. The van der Waals surface area contributed by atoms with Crippen LogP contribution in [0, 0.1) is 18.7 Å². The van der Waals surface area contributed by atoms with E-state index in [9.17, 15) is 18.8 Å². The Balaban J connectivity index is 1.77. The summed E-state index contributed by atoms with van der Waals surface area (Å²) in [5.41, 5.74) is -1.59. The van der Waals surface area contributed by atoms with Crippen molar-refractivity contribution in [3.63, 3.8) is 0 Å². The van der Waals surface area contributed by atoms with Crippen molar-refractivity contribution < 1.29 is 18.7 Å². The molecule has 3 aromatic heterocycles. The van der Waals surface area contributed by atoms with Crippen molar-refractivity contribution in [1.29, 1.82) is 0 Å². The first-order chi connectivity index (χ1) is 22.0. The number of carbonyl (C=O) groups is 1. The molecule has 0 aliphatic carbocycles. The fraction of sp³-hybridized carbons (Fsp3) is 0.545. The highest BCUT2D eigenvalue weighted by molar-refractivity contribution is 7.21. The number of aryl methyl sites for hydroxylation is 1. The van der Waals surface area contributed by atoms with Gasteiger partial charge in [-0.15, -0.1) is 4.80 Å². The summed E-state index contributed by atoms with van der Waals surface area (Å²) in [6.07, 6.45) is 6.13. The van der Waals surface area contributed by atoms with E-state index in [0.717, 1.165) is 30.3 Å². The molecule has 4 heterocycles. The largest absolute Gasteiger partial charge is 0.496 e. The number of nitrogens with zero attached hydrogens (tertiary/aromatic N) is 6. The van der Waals surface area contributed by atoms with E-state index in [-0.39, 0.29) is 24.8 Å². The molecule has 248 valence electrons. The number of rotatable bonds is 12. The average molecular weight is 655 g/mol. The molecule has 46 heavy (non-hydrogen) atoms. The maximum atomic E-state index is 14.7. The summed E-state index contributed by atoms with van der Waals surface area (Å²) < 4.78 is 29.3. The van der Waals surface area contributed by atoms with Crippen molar-refractivity contribution >= 4 is 27.5 Å². The highest BCUT2D eigenvalue weighted by Gasteiger charge is 2.41. The van der Waals surface area contributed by atoms with Crippen LogP contribution in [0.1, 0.15) is 77.0 Å². The SMILES string of the molecule is CCC(C)CO[C@@H](Cn1c(=O)n(C(C)(CC)C(=O)N2CCCCC2)c(=O)c2c(C)c(-n3nccn3)sc21)c1cc(F)ccc1OC. The van der Waals surface area contributed by atoms with E-state index >= 15 is 0 Å². The van der Waals surface area contributed by atoms with E-state index in [1.807, 2.05) is 6.92 Å². The lowest BCUT2D eigenvalue weighted by atomic mass is 9.94. The number of piperidine rings is 1. The maximum Gasteiger partial charge on any atom is 0.333 e. The highest BCUT2D eigenvalue weighted by atomic mass is 32.1. The number of methoxy groups -OCH3 is 1. The Hall–Kier alpha value is -3.84. The lowest BCUT2D eigenvalue weighted by Gasteiger charge is -2.37. The van der Waals surface area contributed by atoms with Crippen LogP contribution in [0.15, 0.2) is 40.2 Å². The molecule has 1 aromatic carbocycles. The van der Waals surface area contributed by atoms with Crippen LogP contribution in [-0.4, -0.2) is 61.7 Å². The Morgan fingerprint density at radius 3 is 2.46 bits per heavy atom. The fourth-order valence-electron chi connectivity index (χ4n) is 6.05. The van der Waals surface area contributed by atoms with Crippen molar-refractivity contribution in [1.82, 2.24) is 29.0 Å². The van der Waals surface area contributed by atoms with E-state index in [0.29, 0.717) is 51.8 Å². The molecule has 11 nitrogen and oxygen atoms in total. The molecule has 1 aliphatic heterocycles. The second-order valence-electron chi connectivity index (χ2n) is 12.3. The molecule has 0 radical (unpaired) electrons. The summed E-state index contributed by atoms with van der Waals surface area (Å²) in [4.78, 5) is 47.0. The molecule has 0 N–H and O–H groups in total. The van der Waals surface area contributed by atoms with Crippen molar-refractivity contribution in [2.75, 3.05) is 26.8 Å². The topological polar surface area (TPSA) is 113 Å². The maximum absolute atomic E-state index is 14.7. The zero-order chi connectivity index (χ0) is 33.2.